The minimum absolute atomic E-state index is 0.0255. The molecule has 0 bridgehead atoms. The van der Waals surface area contributed by atoms with Gasteiger partial charge in [0.25, 0.3) is 5.89 Å². The fourth-order valence-corrected chi connectivity index (χ4v) is 2.98. The van der Waals surface area contributed by atoms with Crippen LogP contribution < -0.4 is 11.1 Å². The lowest BCUT2D eigenvalue weighted by Crippen LogP contribution is -2.31. The first kappa shape index (κ1) is 22.9. The Morgan fingerprint density at radius 2 is 1.84 bits per heavy atom. The Morgan fingerprint density at radius 1 is 1.09 bits per heavy atom. The summed E-state index contributed by atoms with van der Waals surface area (Å²) in [5, 5.41) is 15.6. The third-order valence-electron chi connectivity index (χ3n) is 4.71. The number of hydrogen-bond donors (Lipinski definition) is 1. The smallest absolute Gasteiger partial charge is 0.386 e. The zero-order valence-corrected chi connectivity index (χ0v) is 18.8. The van der Waals surface area contributed by atoms with E-state index in [9.17, 15) is 9.59 Å². The van der Waals surface area contributed by atoms with Crippen molar-refractivity contribution < 1.29 is 9.21 Å². The molecule has 9 heteroatoms. The molecule has 0 spiro atoms. The maximum absolute atomic E-state index is 12.2. The molecule has 0 unspecified atom stereocenters. The summed E-state index contributed by atoms with van der Waals surface area (Å²) >= 11 is 0. The van der Waals surface area contributed by atoms with Gasteiger partial charge in [0.1, 0.15) is 6.54 Å². The first-order chi connectivity index (χ1) is 15.3. The lowest BCUT2D eigenvalue weighted by molar-refractivity contribution is -0.121. The molecular formula is C23H28N6O3. The monoisotopic (exact) mass is 436 g/mol. The van der Waals surface area contributed by atoms with Crippen LogP contribution in [-0.2, 0) is 11.3 Å². The maximum atomic E-state index is 12.2. The molecule has 0 aliphatic heterocycles. The highest BCUT2D eigenvalue weighted by Crippen LogP contribution is 2.17. The van der Waals surface area contributed by atoms with Crippen LogP contribution in [0.2, 0.25) is 0 Å². The summed E-state index contributed by atoms with van der Waals surface area (Å²) in [6.45, 7) is 8.08. The van der Waals surface area contributed by atoms with E-state index in [1.54, 1.807) is 6.92 Å². The molecule has 1 aromatic carbocycles. The van der Waals surface area contributed by atoms with Crippen molar-refractivity contribution in [3.8, 4) is 17.3 Å². The van der Waals surface area contributed by atoms with E-state index >= 15 is 0 Å². The molecule has 3 rings (SSSR count). The van der Waals surface area contributed by atoms with Gasteiger partial charge in [0.15, 0.2) is 5.69 Å². The molecule has 0 saturated carbocycles. The number of benzene rings is 1. The number of allylic oxidation sites excluding steroid dienone is 3. The summed E-state index contributed by atoms with van der Waals surface area (Å²) in [5.41, 5.74) is 4.16. The number of nitrogens with one attached hydrogen (secondary N) is 1. The Hall–Kier alpha value is -3.75. The second-order valence-corrected chi connectivity index (χ2v) is 7.76. The number of amides is 1. The van der Waals surface area contributed by atoms with Crippen LogP contribution in [0.3, 0.4) is 0 Å². The molecule has 0 radical (unpaired) electrons. The molecule has 2 aromatic heterocycles. The highest BCUT2D eigenvalue weighted by molar-refractivity contribution is 5.75. The highest BCUT2D eigenvalue weighted by Gasteiger charge is 2.19. The van der Waals surface area contributed by atoms with E-state index in [1.165, 1.54) is 15.9 Å². The number of para-hydroxylation sites is 1. The van der Waals surface area contributed by atoms with Crippen LogP contribution in [0.15, 0.2) is 62.8 Å². The number of aryl methyl sites for hydroxylation is 1. The maximum Gasteiger partial charge on any atom is 0.437 e. The van der Waals surface area contributed by atoms with Gasteiger partial charge >= 0.3 is 5.76 Å². The predicted molar refractivity (Wildman–Crippen MR) is 121 cm³/mol. The van der Waals surface area contributed by atoms with Crippen LogP contribution in [-0.4, -0.2) is 37.2 Å². The number of hydrogen-bond acceptors (Lipinski definition) is 6. The summed E-state index contributed by atoms with van der Waals surface area (Å²) < 4.78 is 6.20. The van der Waals surface area contributed by atoms with E-state index in [-0.39, 0.29) is 18.3 Å². The number of carbonyl (C=O) groups excluding carboxylic acids is 1. The van der Waals surface area contributed by atoms with Crippen molar-refractivity contribution in [3.63, 3.8) is 0 Å². The quantitative estimate of drug-likeness (QED) is 0.516. The van der Waals surface area contributed by atoms with Gasteiger partial charge in [0.2, 0.25) is 5.91 Å². The van der Waals surface area contributed by atoms with E-state index in [0.29, 0.717) is 17.9 Å². The van der Waals surface area contributed by atoms with Crippen LogP contribution in [0.4, 0.5) is 0 Å². The summed E-state index contributed by atoms with van der Waals surface area (Å²) in [4.78, 5) is 25.8. The van der Waals surface area contributed by atoms with E-state index in [0.717, 1.165) is 23.2 Å². The van der Waals surface area contributed by atoms with Gasteiger partial charge in [-0.1, -0.05) is 41.5 Å². The standard InChI is InChI=1S/C23H28N6O3/c1-16(2)9-8-10-17(3)13-14-24-20(30)15-28-23(31)32-22(27-28)21-18(4)25-29(26-21)19-11-6-5-7-12-19/h5-7,9,11-13H,8,10,14-15H2,1-4H3,(H,24,30)/b17-13+. The molecule has 0 aliphatic carbocycles. The van der Waals surface area contributed by atoms with Gasteiger partial charge in [-0.25, -0.2) is 4.79 Å². The van der Waals surface area contributed by atoms with Crippen LogP contribution in [0, 0.1) is 6.92 Å². The van der Waals surface area contributed by atoms with Crippen LogP contribution >= 0.6 is 0 Å². The third-order valence-corrected chi connectivity index (χ3v) is 4.71. The van der Waals surface area contributed by atoms with Crippen molar-refractivity contribution in [2.45, 2.75) is 47.1 Å². The zero-order chi connectivity index (χ0) is 23.1. The predicted octanol–water partition coefficient (Wildman–Crippen LogP) is 3.20. The molecule has 168 valence electrons. The Morgan fingerprint density at radius 3 is 2.56 bits per heavy atom. The molecule has 1 N–H and O–H groups in total. The Kier molecular flexibility index (Phi) is 7.54. The first-order valence-corrected chi connectivity index (χ1v) is 10.5. The van der Waals surface area contributed by atoms with E-state index in [2.05, 4.69) is 40.5 Å². The molecule has 0 saturated heterocycles. The fraction of sp³-hybridized carbons (Fsp3) is 0.348. The second-order valence-electron chi connectivity index (χ2n) is 7.76. The SMILES string of the molecule is CC(C)=CCC/C(C)=C/CNC(=O)Cn1nc(-c2nn(-c3ccccc3)nc2C)oc1=O. The number of carbonyl (C=O) groups is 1. The number of aromatic nitrogens is 5. The largest absolute Gasteiger partial charge is 0.437 e. The van der Waals surface area contributed by atoms with E-state index in [1.807, 2.05) is 43.3 Å². The molecule has 0 fully saturated rings. The van der Waals surface area contributed by atoms with Gasteiger partial charge in [0, 0.05) is 6.54 Å². The van der Waals surface area contributed by atoms with Crippen molar-refractivity contribution in [2.75, 3.05) is 6.54 Å². The molecule has 0 atom stereocenters. The van der Waals surface area contributed by atoms with Gasteiger partial charge in [0.05, 0.1) is 11.4 Å². The zero-order valence-electron chi connectivity index (χ0n) is 18.8. The molecule has 3 aromatic rings. The second kappa shape index (κ2) is 10.5. The lowest BCUT2D eigenvalue weighted by Gasteiger charge is -2.03. The number of rotatable bonds is 9. The van der Waals surface area contributed by atoms with Crippen LogP contribution in [0.5, 0.6) is 0 Å². The average Bonchev–Trinajstić information content (AvgIpc) is 3.31. The van der Waals surface area contributed by atoms with Crippen molar-refractivity contribution >= 4 is 5.91 Å². The van der Waals surface area contributed by atoms with Crippen molar-refractivity contribution in [1.29, 1.82) is 0 Å². The molecule has 32 heavy (non-hydrogen) atoms. The summed E-state index contributed by atoms with van der Waals surface area (Å²) in [6, 6.07) is 9.37. The summed E-state index contributed by atoms with van der Waals surface area (Å²) in [5.74, 6) is -1.03. The van der Waals surface area contributed by atoms with Gasteiger partial charge in [-0.3, -0.25) is 4.79 Å². The average molecular weight is 437 g/mol. The topological polar surface area (TPSA) is 108 Å². The van der Waals surface area contributed by atoms with Crippen LogP contribution in [0.25, 0.3) is 17.3 Å². The van der Waals surface area contributed by atoms with Gasteiger partial charge in [-0.15, -0.1) is 10.2 Å². The Balaban J connectivity index is 1.61. The Bertz CT molecular complexity index is 1180. The van der Waals surface area contributed by atoms with E-state index < -0.39 is 5.76 Å². The normalized spacial score (nSPS) is 11.4. The molecule has 2 heterocycles. The molecule has 9 nitrogen and oxygen atoms in total. The highest BCUT2D eigenvalue weighted by atomic mass is 16.4. The summed E-state index contributed by atoms with van der Waals surface area (Å²) in [6.07, 6.45) is 6.07. The fourth-order valence-electron chi connectivity index (χ4n) is 2.98. The molecular weight excluding hydrogens is 408 g/mol. The van der Waals surface area contributed by atoms with E-state index in [4.69, 9.17) is 4.42 Å². The molecule has 0 aliphatic rings. The van der Waals surface area contributed by atoms with Gasteiger partial charge in [-0.2, -0.15) is 14.6 Å². The minimum atomic E-state index is -0.725. The third kappa shape index (κ3) is 6.13. The van der Waals surface area contributed by atoms with Gasteiger partial charge < -0.3 is 9.73 Å². The van der Waals surface area contributed by atoms with Crippen LogP contribution in [0.1, 0.15) is 39.3 Å². The Labute approximate surface area is 186 Å². The van der Waals surface area contributed by atoms with Gasteiger partial charge in [-0.05, 0) is 52.7 Å². The number of nitrogens with zero attached hydrogens (tertiary/aromatic N) is 5. The lowest BCUT2D eigenvalue weighted by atomic mass is 10.1. The molecule has 1 amide bonds. The van der Waals surface area contributed by atoms with Crippen molar-refractivity contribution in [1.82, 2.24) is 30.1 Å². The van der Waals surface area contributed by atoms with Crippen molar-refractivity contribution in [2.24, 2.45) is 0 Å². The van der Waals surface area contributed by atoms with Crippen molar-refractivity contribution in [3.05, 3.63) is 69.9 Å². The first-order valence-electron chi connectivity index (χ1n) is 10.5. The summed E-state index contributed by atoms with van der Waals surface area (Å²) in [7, 11) is 0. The minimum Gasteiger partial charge on any atom is -0.386 e.